The van der Waals surface area contributed by atoms with Gasteiger partial charge in [-0.1, -0.05) is 30.3 Å². The van der Waals surface area contributed by atoms with Crippen molar-refractivity contribution in [3.63, 3.8) is 0 Å². The number of amides is 1. The average Bonchev–Trinajstić information content (AvgIpc) is 2.54. The van der Waals surface area contributed by atoms with Gasteiger partial charge in [0, 0.05) is 19.5 Å². The van der Waals surface area contributed by atoms with Gasteiger partial charge in [0.1, 0.15) is 6.04 Å². The number of carboxylic acid groups (broad SMARTS) is 1. The third-order valence-corrected chi connectivity index (χ3v) is 5.39. The maximum Gasteiger partial charge on any atom is 0.326 e. The van der Waals surface area contributed by atoms with Gasteiger partial charge in [-0.15, -0.1) is 0 Å². The molecule has 0 saturated carbocycles. The minimum Gasteiger partial charge on any atom is -0.480 e. The highest BCUT2D eigenvalue weighted by Gasteiger charge is 2.32. The number of hydrogen-bond donors (Lipinski definition) is 2. The van der Waals surface area contributed by atoms with Crippen LogP contribution in [0.15, 0.2) is 30.3 Å². The number of benzene rings is 1. The Hall–Kier alpha value is -1.93. The molecule has 8 heteroatoms. The zero-order chi connectivity index (χ0) is 17.7. The largest absolute Gasteiger partial charge is 0.480 e. The van der Waals surface area contributed by atoms with Gasteiger partial charge in [0.2, 0.25) is 15.9 Å². The molecule has 0 aromatic heterocycles. The lowest BCUT2D eigenvalue weighted by molar-refractivity contribution is -0.142. The highest BCUT2D eigenvalue weighted by Crippen LogP contribution is 2.19. The van der Waals surface area contributed by atoms with E-state index >= 15 is 0 Å². The maximum absolute atomic E-state index is 12.4. The lowest BCUT2D eigenvalue weighted by atomic mass is 9.97. The molecule has 1 heterocycles. The Morgan fingerprint density at radius 2 is 2.00 bits per heavy atom. The standard InChI is InChI=1S/C16H22N2O5S/c1-24(22,23)18-9-5-8-13(11-18)15(19)17-14(16(20)21)10-12-6-3-2-4-7-12/h2-4,6-7,13-14H,5,8-11H2,1H3,(H,17,19)(H,20,21)/t13-,14+/m0/s1. The monoisotopic (exact) mass is 354 g/mol. The Kier molecular flexibility index (Phi) is 5.95. The van der Waals surface area contributed by atoms with Crippen LogP contribution < -0.4 is 5.32 Å². The molecular weight excluding hydrogens is 332 g/mol. The van der Waals surface area contributed by atoms with E-state index in [1.54, 1.807) is 24.3 Å². The van der Waals surface area contributed by atoms with Crippen molar-refractivity contribution in [1.29, 1.82) is 0 Å². The second-order valence-corrected chi connectivity index (χ2v) is 8.03. The highest BCUT2D eigenvalue weighted by atomic mass is 32.2. The number of carboxylic acids is 1. The molecule has 0 radical (unpaired) electrons. The van der Waals surface area contributed by atoms with Crippen LogP contribution in [-0.2, 0) is 26.0 Å². The van der Waals surface area contributed by atoms with Crippen molar-refractivity contribution in [2.24, 2.45) is 5.92 Å². The first-order chi connectivity index (χ1) is 11.3. The zero-order valence-corrected chi connectivity index (χ0v) is 14.3. The number of nitrogens with one attached hydrogen (secondary N) is 1. The third kappa shape index (κ3) is 5.04. The van der Waals surface area contributed by atoms with Crippen molar-refractivity contribution in [2.45, 2.75) is 25.3 Å². The number of hydrogen-bond acceptors (Lipinski definition) is 4. The molecule has 2 atom stereocenters. The molecule has 1 aliphatic rings. The van der Waals surface area contributed by atoms with E-state index in [0.29, 0.717) is 19.4 Å². The molecule has 1 aliphatic heterocycles. The van der Waals surface area contributed by atoms with Gasteiger partial charge < -0.3 is 10.4 Å². The van der Waals surface area contributed by atoms with Crippen molar-refractivity contribution in [2.75, 3.05) is 19.3 Å². The van der Waals surface area contributed by atoms with Gasteiger partial charge in [0.25, 0.3) is 0 Å². The number of aliphatic carboxylic acids is 1. The predicted octanol–water partition coefficient (Wildman–Crippen LogP) is 0.470. The predicted molar refractivity (Wildman–Crippen MR) is 88.9 cm³/mol. The summed E-state index contributed by atoms with van der Waals surface area (Å²) >= 11 is 0. The van der Waals surface area contributed by atoms with Crippen molar-refractivity contribution >= 4 is 21.9 Å². The van der Waals surface area contributed by atoms with Gasteiger partial charge in [-0.2, -0.15) is 0 Å². The van der Waals surface area contributed by atoms with E-state index in [1.165, 1.54) is 4.31 Å². The fourth-order valence-electron chi connectivity index (χ4n) is 2.80. The molecule has 7 nitrogen and oxygen atoms in total. The Bertz CT molecular complexity index is 690. The Morgan fingerprint density at radius 3 is 2.58 bits per heavy atom. The quantitative estimate of drug-likeness (QED) is 0.773. The molecule has 2 N–H and O–H groups in total. The van der Waals surface area contributed by atoms with Gasteiger partial charge in [-0.25, -0.2) is 17.5 Å². The van der Waals surface area contributed by atoms with Crippen LogP contribution in [0.3, 0.4) is 0 Å². The minimum absolute atomic E-state index is 0.0995. The second kappa shape index (κ2) is 7.76. The fraction of sp³-hybridized carbons (Fsp3) is 0.500. The SMILES string of the molecule is CS(=O)(=O)N1CCC[C@H](C(=O)N[C@H](Cc2ccccc2)C(=O)O)C1. The lowest BCUT2D eigenvalue weighted by Gasteiger charge is -2.30. The second-order valence-electron chi connectivity index (χ2n) is 6.05. The molecule has 132 valence electrons. The summed E-state index contributed by atoms with van der Waals surface area (Å²) in [5.41, 5.74) is 0.812. The Labute approximate surface area is 141 Å². The van der Waals surface area contributed by atoms with Gasteiger partial charge in [0.15, 0.2) is 0 Å². The number of carbonyl (C=O) groups is 2. The molecule has 0 spiro atoms. The van der Waals surface area contributed by atoms with E-state index in [-0.39, 0.29) is 13.0 Å². The van der Waals surface area contributed by atoms with E-state index in [1.807, 2.05) is 6.07 Å². The molecule has 1 aromatic rings. The lowest BCUT2D eigenvalue weighted by Crippen LogP contribution is -2.49. The molecule has 0 bridgehead atoms. The topological polar surface area (TPSA) is 104 Å². The third-order valence-electron chi connectivity index (χ3n) is 4.12. The number of carbonyl (C=O) groups excluding carboxylic acids is 1. The number of rotatable bonds is 6. The van der Waals surface area contributed by atoms with E-state index in [2.05, 4.69) is 5.32 Å². The molecule has 1 aromatic carbocycles. The Morgan fingerprint density at radius 1 is 1.33 bits per heavy atom. The summed E-state index contributed by atoms with van der Waals surface area (Å²) in [6.07, 6.45) is 2.43. The number of nitrogens with zero attached hydrogens (tertiary/aromatic N) is 1. The average molecular weight is 354 g/mol. The van der Waals surface area contributed by atoms with Crippen LogP contribution in [-0.4, -0.2) is 55.1 Å². The van der Waals surface area contributed by atoms with E-state index in [4.69, 9.17) is 0 Å². The summed E-state index contributed by atoms with van der Waals surface area (Å²) in [4.78, 5) is 23.8. The summed E-state index contributed by atoms with van der Waals surface area (Å²) in [5.74, 6) is -2.04. The summed E-state index contributed by atoms with van der Waals surface area (Å²) in [7, 11) is -3.35. The molecule has 1 amide bonds. The smallest absolute Gasteiger partial charge is 0.326 e. The first-order valence-corrected chi connectivity index (χ1v) is 9.64. The van der Waals surface area contributed by atoms with Crippen LogP contribution in [0.1, 0.15) is 18.4 Å². The molecule has 1 fully saturated rings. The molecule has 0 aliphatic carbocycles. The molecule has 2 rings (SSSR count). The molecular formula is C16H22N2O5S. The van der Waals surface area contributed by atoms with Gasteiger partial charge in [-0.3, -0.25) is 4.79 Å². The number of sulfonamides is 1. The van der Waals surface area contributed by atoms with Crippen LogP contribution in [0.4, 0.5) is 0 Å². The normalized spacial score (nSPS) is 20.3. The van der Waals surface area contributed by atoms with Crippen molar-refractivity contribution in [3.05, 3.63) is 35.9 Å². The van der Waals surface area contributed by atoms with Crippen molar-refractivity contribution in [3.8, 4) is 0 Å². The highest BCUT2D eigenvalue weighted by molar-refractivity contribution is 7.88. The molecule has 0 unspecified atom stereocenters. The number of piperidine rings is 1. The van der Waals surface area contributed by atoms with E-state index < -0.39 is 33.9 Å². The van der Waals surface area contributed by atoms with Crippen LogP contribution in [0.2, 0.25) is 0 Å². The molecule has 1 saturated heterocycles. The van der Waals surface area contributed by atoms with E-state index in [0.717, 1.165) is 11.8 Å². The van der Waals surface area contributed by atoms with E-state index in [9.17, 15) is 23.1 Å². The zero-order valence-electron chi connectivity index (χ0n) is 13.5. The van der Waals surface area contributed by atoms with Crippen molar-refractivity contribution in [1.82, 2.24) is 9.62 Å². The summed E-state index contributed by atoms with van der Waals surface area (Å²) in [5, 5.41) is 11.9. The maximum atomic E-state index is 12.4. The van der Waals surface area contributed by atoms with Gasteiger partial charge >= 0.3 is 5.97 Å². The Balaban J connectivity index is 2.01. The van der Waals surface area contributed by atoms with Crippen molar-refractivity contribution < 1.29 is 23.1 Å². The minimum atomic E-state index is -3.35. The first kappa shape index (κ1) is 18.4. The first-order valence-electron chi connectivity index (χ1n) is 7.79. The van der Waals surface area contributed by atoms with Crippen LogP contribution in [0.5, 0.6) is 0 Å². The fourth-order valence-corrected chi connectivity index (χ4v) is 3.71. The van der Waals surface area contributed by atoms with Crippen LogP contribution in [0, 0.1) is 5.92 Å². The van der Waals surface area contributed by atoms with Crippen LogP contribution in [0.25, 0.3) is 0 Å². The van der Waals surface area contributed by atoms with Crippen LogP contribution >= 0.6 is 0 Å². The summed E-state index contributed by atoms with van der Waals surface area (Å²) in [6.45, 7) is 0.497. The summed E-state index contributed by atoms with van der Waals surface area (Å²) in [6, 6.07) is 8.01. The molecule has 24 heavy (non-hydrogen) atoms. The van der Waals surface area contributed by atoms with Gasteiger partial charge in [0.05, 0.1) is 12.2 Å². The summed E-state index contributed by atoms with van der Waals surface area (Å²) < 4.78 is 24.5. The van der Waals surface area contributed by atoms with Gasteiger partial charge in [-0.05, 0) is 18.4 Å².